The Hall–Kier alpha value is -3.13. The number of carboxylic acids is 1. The van der Waals surface area contributed by atoms with Gasteiger partial charge in [-0.2, -0.15) is 0 Å². The summed E-state index contributed by atoms with van der Waals surface area (Å²) in [7, 11) is 1.59. The molecule has 29 heavy (non-hydrogen) atoms. The van der Waals surface area contributed by atoms with Crippen molar-refractivity contribution in [1.82, 2.24) is 4.57 Å². The minimum Gasteiger partial charge on any atom is -0.497 e. The first-order valence-electron chi connectivity index (χ1n) is 8.74. The third-order valence-corrected chi connectivity index (χ3v) is 5.63. The van der Waals surface area contributed by atoms with Crippen molar-refractivity contribution in [2.45, 2.75) is 20.4 Å². The van der Waals surface area contributed by atoms with Crippen LogP contribution in [0, 0.1) is 24.0 Å². The standard InChI is InChI=1S/C21H19BrN2O5/c1-12-10-15(24(27)28)6-9-17(12)18-13(2)23(20(19(18)22)21(25)26)11-14-4-7-16(29-3)8-5-14/h4-10H,11H2,1-3H3,(H,25,26). The molecule has 0 amide bonds. The number of rotatable bonds is 6. The van der Waals surface area contributed by atoms with Crippen LogP contribution in [0.25, 0.3) is 11.1 Å². The van der Waals surface area contributed by atoms with Gasteiger partial charge in [0, 0.05) is 29.9 Å². The number of aromatic carboxylic acids is 1. The number of methoxy groups -OCH3 is 1. The molecule has 0 atom stereocenters. The van der Waals surface area contributed by atoms with Gasteiger partial charge in [-0.3, -0.25) is 10.1 Å². The summed E-state index contributed by atoms with van der Waals surface area (Å²) in [4.78, 5) is 22.6. The van der Waals surface area contributed by atoms with Gasteiger partial charge in [0.15, 0.2) is 0 Å². The Balaban J connectivity index is 2.14. The molecule has 2 aromatic carbocycles. The molecule has 8 heteroatoms. The molecule has 1 aromatic heterocycles. The van der Waals surface area contributed by atoms with Crippen molar-refractivity contribution >= 4 is 27.6 Å². The fourth-order valence-electron chi connectivity index (χ4n) is 3.37. The van der Waals surface area contributed by atoms with Crippen LogP contribution in [-0.4, -0.2) is 27.7 Å². The molecule has 0 bridgehead atoms. The number of hydrogen-bond acceptors (Lipinski definition) is 4. The van der Waals surface area contributed by atoms with E-state index in [4.69, 9.17) is 4.74 Å². The molecule has 0 unspecified atom stereocenters. The number of non-ortho nitro benzene ring substituents is 1. The Labute approximate surface area is 175 Å². The van der Waals surface area contributed by atoms with E-state index in [9.17, 15) is 20.0 Å². The molecule has 1 heterocycles. The quantitative estimate of drug-likeness (QED) is 0.404. The molecule has 0 spiro atoms. The van der Waals surface area contributed by atoms with E-state index in [1.165, 1.54) is 12.1 Å². The number of hydrogen-bond donors (Lipinski definition) is 1. The molecule has 0 aliphatic rings. The van der Waals surface area contributed by atoms with Crippen molar-refractivity contribution in [2.75, 3.05) is 7.11 Å². The Morgan fingerprint density at radius 2 is 1.86 bits per heavy atom. The first kappa shape index (κ1) is 20.6. The molecule has 0 aliphatic heterocycles. The molecular formula is C21H19BrN2O5. The number of nitro groups is 1. The maximum absolute atomic E-state index is 12.0. The van der Waals surface area contributed by atoms with Crippen LogP contribution in [0.4, 0.5) is 5.69 Å². The molecular weight excluding hydrogens is 440 g/mol. The van der Waals surface area contributed by atoms with Crippen molar-refractivity contribution in [3.63, 3.8) is 0 Å². The van der Waals surface area contributed by atoms with Crippen LogP contribution in [0.2, 0.25) is 0 Å². The molecule has 0 aliphatic carbocycles. The summed E-state index contributed by atoms with van der Waals surface area (Å²) in [6.07, 6.45) is 0. The number of carboxylic acid groups (broad SMARTS) is 1. The van der Waals surface area contributed by atoms with E-state index < -0.39 is 10.9 Å². The number of carbonyl (C=O) groups is 1. The van der Waals surface area contributed by atoms with Gasteiger partial charge in [-0.25, -0.2) is 4.79 Å². The van der Waals surface area contributed by atoms with Crippen molar-refractivity contribution in [3.05, 3.63) is 79.6 Å². The number of aryl methyl sites for hydroxylation is 1. The summed E-state index contributed by atoms with van der Waals surface area (Å²) in [5, 5.41) is 20.9. The Bertz CT molecular complexity index is 1100. The van der Waals surface area contributed by atoms with E-state index in [-0.39, 0.29) is 11.4 Å². The summed E-state index contributed by atoms with van der Waals surface area (Å²) in [6.45, 7) is 3.98. The number of ether oxygens (including phenoxy) is 1. The minimum atomic E-state index is -1.06. The fraction of sp³-hybridized carbons (Fsp3) is 0.190. The van der Waals surface area contributed by atoms with Gasteiger partial charge in [-0.15, -0.1) is 0 Å². The average molecular weight is 459 g/mol. The second-order valence-corrected chi connectivity index (χ2v) is 7.41. The van der Waals surface area contributed by atoms with Crippen LogP contribution in [0.15, 0.2) is 46.9 Å². The Kier molecular flexibility index (Phi) is 5.74. The first-order valence-corrected chi connectivity index (χ1v) is 9.54. The predicted octanol–water partition coefficient (Wildman–Crippen LogP) is 5.20. The summed E-state index contributed by atoms with van der Waals surface area (Å²) >= 11 is 3.45. The number of halogens is 1. The van der Waals surface area contributed by atoms with Crippen molar-refractivity contribution in [1.29, 1.82) is 0 Å². The van der Waals surface area contributed by atoms with E-state index >= 15 is 0 Å². The van der Waals surface area contributed by atoms with E-state index in [0.29, 0.717) is 22.1 Å². The van der Waals surface area contributed by atoms with Gasteiger partial charge in [0.05, 0.1) is 16.5 Å². The molecule has 3 rings (SSSR count). The van der Waals surface area contributed by atoms with Gasteiger partial charge >= 0.3 is 5.97 Å². The minimum absolute atomic E-state index is 0.00357. The molecule has 1 N–H and O–H groups in total. The number of benzene rings is 2. The largest absolute Gasteiger partial charge is 0.497 e. The van der Waals surface area contributed by atoms with Crippen LogP contribution in [-0.2, 0) is 6.54 Å². The summed E-state index contributed by atoms with van der Waals surface area (Å²) in [5.41, 5.74) is 3.95. The summed E-state index contributed by atoms with van der Waals surface area (Å²) in [5.74, 6) is -0.334. The van der Waals surface area contributed by atoms with Crippen molar-refractivity contribution in [2.24, 2.45) is 0 Å². The zero-order valence-corrected chi connectivity index (χ0v) is 17.7. The number of nitrogens with zero attached hydrogens (tertiary/aromatic N) is 2. The lowest BCUT2D eigenvalue weighted by Crippen LogP contribution is -2.11. The lowest BCUT2D eigenvalue weighted by molar-refractivity contribution is -0.384. The highest BCUT2D eigenvalue weighted by Gasteiger charge is 2.25. The van der Waals surface area contributed by atoms with Crippen LogP contribution < -0.4 is 4.74 Å². The summed E-state index contributed by atoms with van der Waals surface area (Å²) in [6, 6.07) is 12.0. The maximum atomic E-state index is 12.0. The molecule has 0 fully saturated rings. The molecule has 0 radical (unpaired) electrons. The average Bonchev–Trinajstić information content (AvgIpc) is 2.92. The Morgan fingerprint density at radius 3 is 2.38 bits per heavy atom. The van der Waals surface area contributed by atoms with Gasteiger partial charge in [-0.1, -0.05) is 12.1 Å². The lowest BCUT2D eigenvalue weighted by Gasteiger charge is -2.11. The van der Waals surface area contributed by atoms with Gasteiger partial charge < -0.3 is 14.4 Å². The van der Waals surface area contributed by atoms with Crippen LogP contribution in [0.3, 0.4) is 0 Å². The molecule has 0 saturated heterocycles. The number of aromatic nitrogens is 1. The molecule has 0 saturated carbocycles. The zero-order valence-electron chi connectivity index (χ0n) is 16.1. The second-order valence-electron chi connectivity index (χ2n) is 6.62. The highest BCUT2D eigenvalue weighted by Crippen LogP contribution is 2.39. The van der Waals surface area contributed by atoms with Gasteiger partial charge in [0.1, 0.15) is 11.4 Å². The highest BCUT2D eigenvalue weighted by atomic mass is 79.9. The highest BCUT2D eigenvalue weighted by molar-refractivity contribution is 9.10. The summed E-state index contributed by atoms with van der Waals surface area (Å²) < 4.78 is 7.35. The van der Waals surface area contributed by atoms with Crippen LogP contribution >= 0.6 is 15.9 Å². The first-order chi connectivity index (χ1) is 13.7. The predicted molar refractivity (Wildman–Crippen MR) is 113 cm³/mol. The van der Waals surface area contributed by atoms with Gasteiger partial charge in [0.2, 0.25) is 0 Å². The molecule has 150 valence electrons. The monoisotopic (exact) mass is 458 g/mol. The topological polar surface area (TPSA) is 94.6 Å². The normalized spacial score (nSPS) is 10.8. The van der Waals surface area contributed by atoms with E-state index in [1.807, 2.05) is 31.2 Å². The van der Waals surface area contributed by atoms with Crippen molar-refractivity contribution < 1.29 is 19.6 Å². The Morgan fingerprint density at radius 1 is 1.21 bits per heavy atom. The number of nitro benzene ring substituents is 1. The van der Waals surface area contributed by atoms with Crippen LogP contribution in [0.5, 0.6) is 5.75 Å². The van der Waals surface area contributed by atoms with E-state index in [2.05, 4.69) is 15.9 Å². The van der Waals surface area contributed by atoms with E-state index in [1.54, 1.807) is 24.7 Å². The molecule has 7 nitrogen and oxygen atoms in total. The van der Waals surface area contributed by atoms with Crippen LogP contribution in [0.1, 0.15) is 27.3 Å². The fourth-order valence-corrected chi connectivity index (χ4v) is 4.26. The second kappa shape index (κ2) is 8.08. The smallest absolute Gasteiger partial charge is 0.353 e. The molecule has 3 aromatic rings. The maximum Gasteiger partial charge on any atom is 0.353 e. The van der Waals surface area contributed by atoms with Crippen molar-refractivity contribution in [3.8, 4) is 16.9 Å². The SMILES string of the molecule is COc1ccc(Cn2c(C)c(-c3ccc([N+](=O)[O-])cc3C)c(Br)c2C(=O)O)cc1. The lowest BCUT2D eigenvalue weighted by atomic mass is 10.00. The zero-order chi connectivity index (χ0) is 21.3. The van der Waals surface area contributed by atoms with E-state index in [0.717, 1.165) is 22.6 Å². The van der Waals surface area contributed by atoms with Gasteiger partial charge in [-0.05, 0) is 64.7 Å². The third-order valence-electron chi connectivity index (χ3n) is 4.86. The van der Waals surface area contributed by atoms with Gasteiger partial charge in [0.25, 0.3) is 5.69 Å². The third kappa shape index (κ3) is 3.88.